The summed E-state index contributed by atoms with van der Waals surface area (Å²) in [5, 5.41) is 2.77. The number of carbonyl (C=O) groups excluding carboxylic acids is 1. The first-order chi connectivity index (χ1) is 13.9. The molecule has 0 heterocycles. The number of anilines is 1. The van der Waals surface area contributed by atoms with E-state index in [1.165, 1.54) is 30.3 Å². The van der Waals surface area contributed by atoms with E-state index < -0.39 is 28.3 Å². The summed E-state index contributed by atoms with van der Waals surface area (Å²) in [7, 11) is -4.14. The number of para-hydroxylation sites is 1. The number of rotatable bonds is 7. The van der Waals surface area contributed by atoms with Crippen LogP contribution in [0.15, 0.2) is 89.8 Å². The minimum Gasteiger partial charge on any atom is -0.348 e. The van der Waals surface area contributed by atoms with Crippen molar-refractivity contribution in [3.05, 3.63) is 96.3 Å². The highest BCUT2D eigenvalue weighted by Crippen LogP contribution is 2.26. The van der Waals surface area contributed by atoms with E-state index in [1.807, 2.05) is 30.3 Å². The number of amides is 1. The van der Waals surface area contributed by atoms with Crippen molar-refractivity contribution < 1.29 is 17.6 Å². The Morgan fingerprint density at radius 1 is 0.931 bits per heavy atom. The molecule has 3 aromatic carbocycles. The van der Waals surface area contributed by atoms with Gasteiger partial charge in [0.05, 0.1) is 16.6 Å². The number of nitrogens with zero attached hydrogens (tertiary/aromatic N) is 1. The molecule has 0 aromatic heterocycles. The second-order valence-electron chi connectivity index (χ2n) is 6.48. The van der Waals surface area contributed by atoms with Crippen LogP contribution in [0.4, 0.5) is 10.1 Å². The average molecular weight is 412 g/mol. The zero-order valence-corrected chi connectivity index (χ0v) is 16.6. The maximum absolute atomic E-state index is 14.4. The van der Waals surface area contributed by atoms with Gasteiger partial charge in [0.1, 0.15) is 12.4 Å². The Kier molecular flexibility index (Phi) is 6.29. The normalized spacial score (nSPS) is 12.2. The fourth-order valence-electron chi connectivity index (χ4n) is 2.92. The number of sulfonamides is 1. The molecule has 0 fully saturated rings. The van der Waals surface area contributed by atoms with Crippen LogP contribution in [0.3, 0.4) is 0 Å². The van der Waals surface area contributed by atoms with E-state index in [2.05, 4.69) is 5.32 Å². The fourth-order valence-corrected chi connectivity index (χ4v) is 4.37. The molecular formula is C22H21FN2O3S. The van der Waals surface area contributed by atoms with Gasteiger partial charge in [-0.1, -0.05) is 60.7 Å². The predicted molar refractivity (Wildman–Crippen MR) is 110 cm³/mol. The van der Waals surface area contributed by atoms with Gasteiger partial charge in [-0.2, -0.15) is 0 Å². The van der Waals surface area contributed by atoms with Gasteiger partial charge in [0, 0.05) is 0 Å². The summed E-state index contributed by atoms with van der Waals surface area (Å²) < 4.78 is 41.5. The van der Waals surface area contributed by atoms with Gasteiger partial charge in [0.25, 0.3) is 10.0 Å². The summed E-state index contributed by atoms with van der Waals surface area (Å²) in [5.74, 6) is -1.26. The van der Waals surface area contributed by atoms with Gasteiger partial charge in [-0.15, -0.1) is 0 Å². The Balaban J connectivity index is 1.90. The monoisotopic (exact) mass is 412 g/mol. The van der Waals surface area contributed by atoms with Crippen LogP contribution < -0.4 is 9.62 Å². The number of carbonyl (C=O) groups is 1. The standard InChI is InChI=1S/C22H21FN2O3S/c1-17(18-10-4-2-5-11-18)24-22(26)16-25(21-15-9-8-14-20(21)23)29(27,28)19-12-6-3-7-13-19/h2-15,17H,16H2,1H3,(H,24,26)/t17-/m1/s1. The Morgan fingerprint density at radius 3 is 2.10 bits per heavy atom. The minimum absolute atomic E-state index is 0.0211. The van der Waals surface area contributed by atoms with E-state index in [4.69, 9.17) is 0 Å². The Morgan fingerprint density at radius 2 is 1.48 bits per heavy atom. The molecule has 3 aromatic rings. The lowest BCUT2D eigenvalue weighted by atomic mass is 10.1. The molecule has 0 spiro atoms. The predicted octanol–water partition coefficient (Wildman–Crippen LogP) is 3.90. The lowest BCUT2D eigenvalue weighted by Crippen LogP contribution is -2.42. The number of benzene rings is 3. The van der Waals surface area contributed by atoms with Crippen molar-refractivity contribution in [2.24, 2.45) is 0 Å². The molecule has 150 valence electrons. The first-order valence-electron chi connectivity index (χ1n) is 9.06. The quantitative estimate of drug-likeness (QED) is 0.640. The molecule has 29 heavy (non-hydrogen) atoms. The molecular weight excluding hydrogens is 391 g/mol. The van der Waals surface area contributed by atoms with Crippen molar-refractivity contribution in [1.29, 1.82) is 0 Å². The molecule has 0 saturated carbocycles. The van der Waals surface area contributed by atoms with Gasteiger partial charge in [-0.25, -0.2) is 12.8 Å². The number of nitrogens with one attached hydrogen (secondary N) is 1. The maximum atomic E-state index is 14.4. The number of halogens is 1. The molecule has 7 heteroatoms. The van der Waals surface area contributed by atoms with Gasteiger partial charge in [0.15, 0.2) is 0 Å². The first-order valence-corrected chi connectivity index (χ1v) is 10.5. The van der Waals surface area contributed by atoms with E-state index >= 15 is 0 Å². The Labute approximate surface area is 169 Å². The lowest BCUT2D eigenvalue weighted by Gasteiger charge is -2.25. The van der Waals surface area contributed by atoms with Crippen LogP contribution in [0, 0.1) is 5.82 Å². The molecule has 0 unspecified atom stereocenters. The molecule has 1 N–H and O–H groups in total. The lowest BCUT2D eigenvalue weighted by molar-refractivity contribution is -0.120. The van der Waals surface area contributed by atoms with E-state index in [0.29, 0.717) is 0 Å². The topological polar surface area (TPSA) is 66.5 Å². The van der Waals surface area contributed by atoms with Crippen molar-refractivity contribution in [2.75, 3.05) is 10.8 Å². The van der Waals surface area contributed by atoms with Crippen molar-refractivity contribution in [2.45, 2.75) is 17.9 Å². The third kappa shape index (κ3) is 4.81. The van der Waals surface area contributed by atoms with Crippen LogP contribution >= 0.6 is 0 Å². The Bertz CT molecular complexity index is 1070. The molecule has 5 nitrogen and oxygen atoms in total. The van der Waals surface area contributed by atoms with Crippen LogP contribution in [0.25, 0.3) is 0 Å². The molecule has 0 saturated heterocycles. The summed E-state index contributed by atoms with van der Waals surface area (Å²) >= 11 is 0. The van der Waals surface area contributed by atoms with Crippen molar-refractivity contribution >= 4 is 21.6 Å². The smallest absolute Gasteiger partial charge is 0.264 e. The van der Waals surface area contributed by atoms with Crippen LogP contribution in [0.2, 0.25) is 0 Å². The van der Waals surface area contributed by atoms with Crippen molar-refractivity contribution in [3.8, 4) is 0 Å². The zero-order chi connectivity index (χ0) is 20.9. The first kappa shape index (κ1) is 20.5. The van der Waals surface area contributed by atoms with E-state index in [1.54, 1.807) is 25.1 Å². The third-order valence-electron chi connectivity index (χ3n) is 4.42. The van der Waals surface area contributed by atoms with E-state index in [-0.39, 0.29) is 16.6 Å². The fraction of sp³-hybridized carbons (Fsp3) is 0.136. The molecule has 0 aliphatic heterocycles. The van der Waals surface area contributed by atoms with Crippen LogP contribution in [0.1, 0.15) is 18.5 Å². The second kappa shape index (κ2) is 8.87. The van der Waals surface area contributed by atoms with Crippen LogP contribution in [0.5, 0.6) is 0 Å². The van der Waals surface area contributed by atoms with Gasteiger partial charge >= 0.3 is 0 Å². The Hall–Kier alpha value is -3.19. The highest BCUT2D eigenvalue weighted by molar-refractivity contribution is 7.92. The van der Waals surface area contributed by atoms with Crippen LogP contribution in [-0.2, 0) is 14.8 Å². The largest absolute Gasteiger partial charge is 0.348 e. The average Bonchev–Trinajstić information content (AvgIpc) is 2.74. The summed E-state index contributed by atoms with van der Waals surface area (Å²) in [6.45, 7) is 1.25. The minimum atomic E-state index is -4.14. The van der Waals surface area contributed by atoms with Gasteiger partial charge in [0.2, 0.25) is 5.91 Å². The van der Waals surface area contributed by atoms with Crippen molar-refractivity contribution in [3.63, 3.8) is 0 Å². The van der Waals surface area contributed by atoms with E-state index in [0.717, 1.165) is 15.9 Å². The molecule has 3 rings (SSSR count). The SMILES string of the molecule is C[C@@H](NC(=O)CN(c1ccccc1F)S(=O)(=O)c1ccccc1)c1ccccc1. The second-order valence-corrected chi connectivity index (χ2v) is 8.34. The number of hydrogen-bond donors (Lipinski definition) is 1. The van der Waals surface area contributed by atoms with Crippen LogP contribution in [-0.4, -0.2) is 20.9 Å². The highest BCUT2D eigenvalue weighted by atomic mass is 32.2. The molecule has 0 radical (unpaired) electrons. The molecule has 1 amide bonds. The summed E-state index contributed by atoms with van der Waals surface area (Å²) in [4.78, 5) is 12.6. The third-order valence-corrected chi connectivity index (χ3v) is 6.19. The maximum Gasteiger partial charge on any atom is 0.264 e. The molecule has 1 atom stereocenters. The molecule has 0 aliphatic rings. The van der Waals surface area contributed by atoms with Gasteiger partial charge in [-0.05, 0) is 36.8 Å². The summed E-state index contributed by atoms with van der Waals surface area (Å²) in [6, 6.07) is 22.1. The zero-order valence-electron chi connectivity index (χ0n) is 15.8. The van der Waals surface area contributed by atoms with Gasteiger partial charge in [-0.3, -0.25) is 9.10 Å². The highest BCUT2D eigenvalue weighted by Gasteiger charge is 2.29. The van der Waals surface area contributed by atoms with Crippen molar-refractivity contribution in [1.82, 2.24) is 5.32 Å². The summed E-state index contributed by atoms with van der Waals surface area (Å²) in [5.41, 5.74) is 0.697. The molecule has 0 bridgehead atoms. The number of hydrogen-bond acceptors (Lipinski definition) is 3. The van der Waals surface area contributed by atoms with E-state index in [9.17, 15) is 17.6 Å². The summed E-state index contributed by atoms with van der Waals surface area (Å²) in [6.07, 6.45) is 0. The van der Waals surface area contributed by atoms with Gasteiger partial charge < -0.3 is 5.32 Å². The molecule has 0 aliphatic carbocycles.